The van der Waals surface area contributed by atoms with Crippen molar-refractivity contribution in [2.24, 2.45) is 5.73 Å². The number of nitrogens with zero attached hydrogens (tertiary/aromatic N) is 4. The lowest BCUT2D eigenvalue weighted by Crippen LogP contribution is -2.18. The van der Waals surface area contributed by atoms with Gasteiger partial charge in [-0.15, -0.1) is 0 Å². The van der Waals surface area contributed by atoms with Crippen molar-refractivity contribution in [2.75, 3.05) is 7.05 Å². The third-order valence-corrected chi connectivity index (χ3v) is 4.86. The number of nitrogens with one attached hydrogen (secondary N) is 1. The Morgan fingerprint density at radius 2 is 2.00 bits per heavy atom. The summed E-state index contributed by atoms with van der Waals surface area (Å²) in [5, 5.41) is 17.2. The van der Waals surface area contributed by atoms with Crippen LogP contribution in [-0.2, 0) is 6.61 Å². The topological polar surface area (TPSA) is 119 Å². The number of rotatable bonds is 5. The minimum absolute atomic E-state index is 0.171. The lowest BCUT2D eigenvalue weighted by atomic mass is 10.0. The molecule has 0 aliphatic rings. The zero-order chi connectivity index (χ0) is 21.3. The zero-order valence-corrected chi connectivity index (χ0v) is 16.7. The number of nitrogens with two attached hydrogens (primary N) is 1. The molecule has 4 rings (SSSR count). The lowest BCUT2D eigenvalue weighted by Gasteiger charge is -2.11. The minimum Gasteiger partial charge on any atom is -0.390 e. The zero-order valence-electron chi connectivity index (χ0n) is 16.7. The molecule has 1 aromatic carbocycles. The van der Waals surface area contributed by atoms with E-state index in [2.05, 4.69) is 20.4 Å². The van der Waals surface area contributed by atoms with Gasteiger partial charge in [-0.1, -0.05) is 12.1 Å². The number of fused-ring (bicyclic) bond motifs is 1. The van der Waals surface area contributed by atoms with Crippen molar-refractivity contribution < 1.29 is 9.90 Å². The Labute approximate surface area is 173 Å². The second kappa shape index (κ2) is 8.02. The van der Waals surface area contributed by atoms with E-state index < -0.39 is 0 Å². The van der Waals surface area contributed by atoms with E-state index in [1.165, 1.54) is 0 Å². The number of benzene rings is 1. The first kappa shape index (κ1) is 19.7. The van der Waals surface area contributed by atoms with E-state index >= 15 is 0 Å². The van der Waals surface area contributed by atoms with Crippen LogP contribution in [0.5, 0.6) is 0 Å². The Morgan fingerprint density at radius 3 is 2.73 bits per heavy atom. The van der Waals surface area contributed by atoms with Crippen LogP contribution in [0.1, 0.15) is 34.7 Å². The molecule has 1 unspecified atom stereocenters. The predicted molar refractivity (Wildman–Crippen MR) is 114 cm³/mol. The summed E-state index contributed by atoms with van der Waals surface area (Å²) in [6, 6.07) is 14.5. The first-order chi connectivity index (χ1) is 14.5. The molecule has 0 spiro atoms. The number of aliphatic hydroxyl groups is 1. The fourth-order valence-corrected chi connectivity index (χ4v) is 3.32. The van der Waals surface area contributed by atoms with E-state index in [1.807, 2.05) is 31.2 Å². The summed E-state index contributed by atoms with van der Waals surface area (Å²) in [4.78, 5) is 21.7. The van der Waals surface area contributed by atoms with Crippen LogP contribution in [-0.4, -0.2) is 37.8 Å². The Balaban J connectivity index is 1.96. The van der Waals surface area contributed by atoms with Crippen LogP contribution in [0.4, 0.5) is 0 Å². The Morgan fingerprint density at radius 1 is 1.20 bits per heavy atom. The molecule has 3 aromatic heterocycles. The highest BCUT2D eigenvalue weighted by Crippen LogP contribution is 2.29. The van der Waals surface area contributed by atoms with Crippen molar-refractivity contribution in [1.82, 2.24) is 25.1 Å². The fraction of sp³-hybridized carbons (Fsp3) is 0.182. The standard InChI is InChI=1S/C22H22N6O2/c1-13(23)18-6-4-7-19(27-18)14-9-16(22(30)24-2)17-11-25-28(20(17)10-14)21-8-3-5-15(12-29)26-21/h3-11,13,29H,12,23H2,1-2H3,(H,24,30). The van der Waals surface area contributed by atoms with Gasteiger partial charge in [0.2, 0.25) is 0 Å². The number of carbonyl (C=O) groups excluding carboxylic acids is 1. The molecule has 3 heterocycles. The van der Waals surface area contributed by atoms with Crippen LogP contribution >= 0.6 is 0 Å². The maximum Gasteiger partial charge on any atom is 0.251 e. The normalized spacial score (nSPS) is 12.1. The Kier molecular flexibility index (Phi) is 5.26. The average Bonchev–Trinajstić information content (AvgIpc) is 3.22. The highest BCUT2D eigenvalue weighted by Gasteiger charge is 2.17. The maximum atomic E-state index is 12.6. The monoisotopic (exact) mass is 402 g/mol. The van der Waals surface area contributed by atoms with E-state index in [1.54, 1.807) is 42.2 Å². The van der Waals surface area contributed by atoms with Crippen LogP contribution in [0.25, 0.3) is 28.0 Å². The van der Waals surface area contributed by atoms with Crippen molar-refractivity contribution in [3.8, 4) is 17.1 Å². The number of carbonyl (C=O) groups is 1. The van der Waals surface area contributed by atoms with Gasteiger partial charge in [-0.2, -0.15) is 5.10 Å². The van der Waals surface area contributed by atoms with E-state index in [0.717, 1.165) is 11.3 Å². The smallest absolute Gasteiger partial charge is 0.251 e. The molecule has 1 amide bonds. The van der Waals surface area contributed by atoms with Crippen LogP contribution < -0.4 is 11.1 Å². The van der Waals surface area contributed by atoms with Gasteiger partial charge in [-0.25, -0.2) is 9.67 Å². The number of aliphatic hydroxyl groups excluding tert-OH is 1. The van der Waals surface area contributed by atoms with Crippen molar-refractivity contribution in [3.63, 3.8) is 0 Å². The van der Waals surface area contributed by atoms with Gasteiger partial charge in [0.25, 0.3) is 5.91 Å². The highest BCUT2D eigenvalue weighted by atomic mass is 16.3. The Bertz CT molecular complexity index is 1230. The van der Waals surface area contributed by atoms with Crippen molar-refractivity contribution in [2.45, 2.75) is 19.6 Å². The molecule has 152 valence electrons. The maximum absolute atomic E-state index is 12.6. The molecular formula is C22H22N6O2. The molecule has 0 aliphatic heterocycles. The van der Waals surface area contributed by atoms with Crippen molar-refractivity contribution in [1.29, 1.82) is 0 Å². The second-order valence-corrected chi connectivity index (χ2v) is 6.97. The van der Waals surface area contributed by atoms with E-state index in [-0.39, 0.29) is 18.6 Å². The van der Waals surface area contributed by atoms with E-state index in [9.17, 15) is 9.90 Å². The van der Waals surface area contributed by atoms with Gasteiger partial charge < -0.3 is 16.2 Å². The molecule has 8 nitrogen and oxygen atoms in total. The largest absolute Gasteiger partial charge is 0.390 e. The minimum atomic E-state index is -0.221. The molecular weight excluding hydrogens is 380 g/mol. The molecule has 8 heteroatoms. The number of hydrogen-bond acceptors (Lipinski definition) is 6. The third-order valence-electron chi connectivity index (χ3n) is 4.86. The number of pyridine rings is 2. The van der Waals surface area contributed by atoms with Crippen molar-refractivity contribution >= 4 is 16.8 Å². The number of aromatic nitrogens is 4. The summed E-state index contributed by atoms with van der Waals surface area (Å²) >= 11 is 0. The molecule has 0 saturated heterocycles. The number of amides is 1. The summed E-state index contributed by atoms with van der Waals surface area (Å²) in [5.41, 5.74) is 9.96. The molecule has 0 aliphatic carbocycles. The summed E-state index contributed by atoms with van der Waals surface area (Å²) in [5.74, 6) is 0.329. The van der Waals surface area contributed by atoms with E-state index in [0.29, 0.717) is 33.7 Å². The van der Waals surface area contributed by atoms with Gasteiger partial charge in [0.05, 0.1) is 41.0 Å². The van der Waals surface area contributed by atoms with Gasteiger partial charge in [-0.3, -0.25) is 9.78 Å². The first-order valence-electron chi connectivity index (χ1n) is 9.55. The quantitative estimate of drug-likeness (QED) is 0.471. The lowest BCUT2D eigenvalue weighted by molar-refractivity contribution is 0.0964. The van der Waals surface area contributed by atoms with E-state index in [4.69, 9.17) is 5.73 Å². The van der Waals surface area contributed by atoms with Crippen LogP contribution in [0.15, 0.2) is 54.7 Å². The summed E-state index contributed by atoms with van der Waals surface area (Å²) < 4.78 is 1.65. The molecule has 4 aromatic rings. The van der Waals surface area contributed by atoms with Crippen LogP contribution in [0.2, 0.25) is 0 Å². The molecule has 1 atom stereocenters. The summed E-state index contributed by atoms with van der Waals surface area (Å²) in [7, 11) is 1.59. The molecule has 0 saturated carbocycles. The van der Waals surface area contributed by atoms with Gasteiger partial charge in [0, 0.05) is 24.0 Å². The molecule has 0 radical (unpaired) electrons. The number of hydrogen-bond donors (Lipinski definition) is 3. The predicted octanol–water partition coefficient (Wildman–Crippen LogP) is 2.35. The first-order valence-corrected chi connectivity index (χ1v) is 9.55. The third kappa shape index (κ3) is 3.54. The molecule has 0 bridgehead atoms. The van der Waals surface area contributed by atoms with Crippen LogP contribution in [0.3, 0.4) is 0 Å². The van der Waals surface area contributed by atoms with Crippen molar-refractivity contribution in [3.05, 3.63) is 71.7 Å². The fourth-order valence-electron chi connectivity index (χ4n) is 3.32. The average molecular weight is 402 g/mol. The van der Waals surface area contributed by atoms with Gasteiger partial charge in [0.1, 0.15) is 0 Å². The SMILES string of the molecule is CNC(=O)c1cc(-c2cccc(C(C)N)n2)cc2c1cnn2-c1cccc(CO)n1. The van der Waals surface area contributed by atoms with Crippen LogP contribution in [0, 0.1) is 0 Å². The molecule has 4 N–H and O–H groups in total. The summed E-state index contributed by atoms with van der Waals surface area (Å²) in [6.07, 6.45) is 1.64. The Hall–Kier alpha value is -3.62. The summed E-state index contributed by atoms with van der Waals surface area (Å²) in [6.45, 7) is 1.70. The molecule has 30 heavy (non-hydrogen) atoms. The highest BCUT2D eigenvalue weighted by molar-refractivity contribution is 6.08. The van der Waals surface area contributed by atoms with Gasteiger partial charge in [-0.05, 0) is 43.3 Å². The van der Waals surface area contributed by atoms with Gasteiger partial charge >= 0.3 is 0 Å². The molecule has 0 fully saturated rings. The van der Waals surface area contributed by atoms with Gasteiger partial charge in [0.15, 0.2) is 5.82 Å². The second-order valence-electron chi connectivity index (χ2n) is 6.97.